The predicted octanol–water partition coefficient (Wildman–Crippen LogP) is 3.75. The van der Waals surface area contributed by atoms with Crippen molar-refractivity contribution in [1.82, 2.24) is 9.55 Å². The van der Waals surface area contributed by atoms with Crippen molar-refractivity contribution in [1.29, 1.82) is 0 Å². The average Bonchev–Trinajstić information content (AvgIpc) is 2.61. The lowest BCUT2D eigenvalue weighted by Crippen LogP contribution is -2.09. The molecule has 1 aromatic carbocycles. The number of imidazole rings is 1. The molecule has 1 aromatic heterocycles. The van der Waals surface area contributed by atoms with Gasteiger partial charge in [0.05, 0.1) is 11.0 Å². The molecule has 0 radical (unpaired) electrons. The third kappa shape index (κ3) is 2.47. The molecule has 0 aliphatic rings. The molecule has 0 bridgehead atoms. The Bertz CT molecular complexity index is 545. The summed E-state index contributed by atoms with van der Waals surface area (Å²) in [5.41, 5.74) is 7.48. The molecule has 0 saturated carbocycles. The minimum Gasteiger partial charge on any atom is -0.369 e. The van der Waals surface area contributed by atoms with E-state index in [4.69, 9.17) is 5.73 Å². The highest BCUT2D eigenvalue weighted by atomic mass is 19.1. The van der Waals surface area contributed by atoms with Gasteiger partial charge < -0.3 is 10.3 Å². The molecule has 18 heavy (non-hydrogen) atoms. The van der Waals surface area contributed by atoms with E-state index in [9.17, 15) is 4.39 Å². The van der Waals surface area contributed by atoms with Gasteiger partial charge in [-0.05, 0) is 37.8 Å². The largest absolute Gasteiger partial charge is 0.369 e. The van der Waals surface area contributed by atoms with Crippen LogP contribution in [-0.2, 0) is 0 Å². The fraction of sp³-hybridized carbons (Fsp3) is 0.500. The van der Waals surface area contributed by atoms with Crippen molar-refractivity contribution in [3.05, 3.63) is 24.0 Å². The van der Waals surface area contributed by atoms with Crippen molar-refractivity contribution in [2.75, 3.05) is 5.73 Å². The maximum absolute atomic E-state index is 13.1. The van der Waals surface area contributed by atoms with Gasteiger partial charge in [0.15, 0.2) is 0 Å². The highest BCUT2D eigenvalue weighted by Gasteiger charge is 2.14. The highest BCUT2D eigenvalue weighted by Crippen LogP contribution is 2.26. The second kappa shape index (κ2) is 4.96. The van der Waals surface area contributed by atoms with Crippen LogP contribution in [0, 0.1) is 11.7 Å². The Morgan fingerprint density at radius 2 is 2.00 bits per heavy atom. The van der Waals surface area contributed by atoms with E-state index in [-0.39, 0.29) is 11.9 Å². The second-order valence-electron chi connectivity index (χ2n) is 5.29. The molecule has 4 heteroatoms. The SMILES string of the molecule is CC(C)CCC(C)n1c(N)nc2cc(F)ccc21. The third-order valence-electron chi connectivity index (χ3n) is 3.28. The second-order valence-corrected chi connectivity index (χ2v) is 5.29. The Labute approximate surface area is 107 Å². The van der Waals surface area contributed by atoms with Gasteiger partial charge in [-0.3, -0.25) is 0 Å². The van der Waals surface area contributed by atoms with E-state index in [0.717, 1.165) is 18.4 Å². The number of halogens is 1. The summed E-state index contributed by atoms with van der Waals surface area (Å²) < 4.78 is 15.1. The van der Waals surface area contributed by atoms with Gasteiger partial charge in [-0.15, -0.1) is 0 Å². The molecular formula is C14H20FN3. The number of rotatable bonds is 4. The minimum absolute atomic E-state index is 0.276. The van der Waals surface area contributed by atoms with Crippen molar-refractivity contribution in [2.45, 2.75) is 39.7 Å². The van der Waals surface area contributed by atoms with E-state index in [1.165, 1.54) is 12.1 Å². The van der Waals surface area contributed by atoms with E-state index < -0.39 is 0 Å². The van der Waals surface area contributed by atoms with Crippen molar-refractivity contribution in [3.8, 4) is 0 Å². The zero-order valence-electron chi connectivity index (χ0n) is 11.2. The average molecular weight is 249 g/mol. The Balaban J connectivity index is 2.34. The molecular weight excluding hydrogens is 229 g/mol. The van der Waals surface area contributed by atoms with Gasteiger partial charge in [0, 0.05) is 12.1 Å². The summed E-state index contributed by atoms with van der Waals surface area (Å²) in [7, 11) is 0. The van der Waals surface area contributed by atoms with E-state index in [1.807, 2.05) is 4.57 Å². The van der Waals surface area contributed by atoms with Crippen LogP contribution in [0.3, 0.4) is 0 Å². The van der Waals surface area contributed by atoms with Crippen molar-refractivity contribution >= 4 is 17.0 Å². The predicted molar refractivity (Wildman–Crippen MR) is 72.9 cm³/mol. The number of hydrogen-bond acceptors (Lipinski definition) is 2. The lowest BCUT2D eigenvalue weighted by Gasteiger charge is -2.17. The monoisotopic (exact) mass is 249 g/mol. The molecule has 0 saturated heterocycles. The van der Waals surface area contributed by atoms with E-state index in [2.05, 4.69) is 25.8 Å². The van der Waals surface area contributed by atoms with E-state index in [1.54, 1.807) is 6.07 Å². The van der Waals surface area contributed by atoms with Crippen molar-refractivity contribution in [2.24, 2.45) is 5.92 Å². The van der Waals surface area contributed by atoms with E-state index >= 15 is 0 Å². The van der Waals surface area contributed by atoms with Crippen LogP contribution in [0.25, 0.3) is 11.0 Å². The zero-order chi connectivity index (χ0) is 13.3. The number of nitrogens with two attached hydrogens (primary N) is 1. The van der Waals surface area contributed by atoms with Crippen LogP contribution in [0.5, 0.6) is 0 Å². The fourth-order valence-corrected chi connectivity index (χ4v) is 2.26. The van der Waals surface area contributed by atoms with Crippen LogP contribution >= 0.6 is 0 Å². The first-order valence-electron chi connectivity index (χ1n) is 6.42. The number of hydrogen-bond donors (Lipinski definition) is 1. The van der Waals surface area contributed by atoms with Gasteiger partial charge in [-0.1, -0.05) is 13.8 Å². The number of nitrogen functional groups attached to an aromatic ring is 1. The Morgan fingerprint density at radius 3 is 2.67 bits per heavy atom. The van der Waals surface area contributed by atoms with Gasteiger partial charge in [0.1, 0.15) is 5.82 Å². The summed E-state index contributed by atoms with van der Waals surface area (Å²) in [6.07, 6.45) is 2.19. The van der Waals surface area contributed by atoms with Gasteiger partial charge in [0.25, 0.3) is 0 Å². The topological polar surface area (TPSA) is 43.8 Å². The molecule has 98 valence electrons. The van der Waals surface area contributed by atoms with Crippen molar-refractivity contribution < 1.29 is 4.39 Å². The standard InChI is InChI=1S/C14H20FN3/c1-9(2)4-5-10(3)18-13-7-6-11(15)8-12(13)17-14(18)16/h6-10H,4-5H2,1-3H3,(H2,16,17). The quantitative estimate of drug-likeness (QED) is 0.896. The van der Waals surface area contributed by atoms with Crippen LogP contribution in [-0.4, -0.2) is 9.55 Å². The first-order valence-corrected chi connectivity index (χ1v) is 6.42. The maximum Gasteiger partial charge on any atom is 0.201 e. The molecule has 0 amide bonds. The number of fused-ring (bicyclic) bond motifs is 1. The van der Waals surface area contributed by atoms with Gasteiger partial charge in [0.2, 0.25) is 5.95 Å². The minimum atomic E-state index is -0.276. The highest BCUT2D eigenvalue weighted by molar-refractivity contribution is 5.78. The normalized spacial score (nSPS) is 13.4. The molecule has 0 aliphatic heterocycles. The summed E-state index contributed by atoms with van der Waals surface area (Å²) in [6.45, 7) is 6.54. The number of benzene rings is 1. The summed E-state index contributed by atoms with van der Waals surface area (Å²) in [4.78, 5) is 4.22. The molecule has 0 fully saturated rings. The van der Waals surface area contributed by atoms with Crippen LogP contribution in [0.1, 0.15) is 39.7 Å². The fourth-order valence-electron chi connectivity index (χ4n) is 2.26. The lowest BCUT2D eigenvalue weighted by molar-refractivity contribution is 0.450. The van der Waals surface area contributed by atoms with Gasteiger partial charge in [-0.25, -0.2) is 9.37 Å². The van der Waals surface area contributed by atoms with Crippen molar-refractivity contribution in [3.63, 3.8) is 0 Å². The smallest absolute Gasteiger partial charge is 0.201 e. The maximum atomic E-state index is 13.1. The molecule has 3 nitrogen and oxygen atoms in total. The molecule has 2 N–H and O–H groups in total. The molecule has 2 aromatic rings. The Kier molecular flexibility index (Phi) is 3.55. The van der Waals surface area contributed by atoms with Gasteiger partial charge in [-0.2, -0.15) is 0 Å². The molecule has 2 rings (SSSR count). The summed E-state index contributed by atoms with van der Waals surface area (Å²) in [5, 5.41) is 0. The first-order chi connectivity index (χ1) is 8.49. The van der Waals surface area contributed by atoms with Crippen LogP contribution in [0.4, 0.5) is 10.3 Å². The molecule has 1 unspecified atom stereocenters. The lowest BCUT2D eigenvalue weighted by atomic mass is 10.0. The summed E-state index contributed by atoms with van der Waals surface area (Å²) in [6, 6.07) is 4.91. The Morgan fingerprint density at radius 1 is 1.28 bits per heavy atom. The number of aromatic nitrogens is 2. The third-order valence-corrected chi connectivity index (χ3v) is 3.28. The van der Waals surface area contributed by atoms with E-state index in [0.29, 0.717) is 17.4 Å². The molecule has 0 aliphatic carbocycles. The Hall–Kier alpha value is -1.58. The molecule has 0 spiro atoms. The number of anilines is 1. The van der Waals surface area contributed by atoms with Crippen LogP contribution in [0.2, 0.25) is 0 Å². The number of nitrogens with zero attached hydrogens (tertiary/aromatic N) is 2. The molecule has 1 heterocycles. The zero-order valence-corrected chi connectivity index (χ0v) is 11.2. The van der Waals surface area contributed by atoms with Gasteiger partial charge >= 0.3 is 0 Å². The summed E-state index contributed by atoms with van der Waals surface area (Å²) >= 11 is 0. The first kappa shape index (κ1) is 12.9. The molecule has 1 atom stereocenters. The summed E-state index contributed by atoms with van der Waals surface area (Å²) in [5.74, 6) is 0.856. The van der Waals surface area contributed by atoms with Crippen LogP contribution in [0.15, 0.2) is 18.2 Å². The van der Waals surface area contributed by atoms with Crippen LogP contribution < -0.4 is 5.73 Å².